The van der Waals surface area contributed by atoms with Gasteiger partial charge in [-0.3, -0.25) is 24.1 Å². The average Bonchev–Trinajstić information content (AvgIpc) is 4.55. The molecule has 4 fully saturated rings. The lowest BCUT2D eigenvalue weighted by atomic mass is 9.91. The van der Waals surface area contributed by atoms with Crippen molar-refractivity contribution >= 4 is 57.6 Å². The molecule has 5 heterocycles. The van der Waals surface area contributed by atoms with Gasteiger partial charge in [-0.15, -0.1) is 0 Å². The highest BCUT2D eigenvalue weighted by Gasteiger charge is 2.55. The molecule has 6 aromatic rings. The number of H-pyrrole nitrogens is 2. The van der Waals surface area contributed by atoms with Gasteiger partial charge in [0.1, 0.15) is 43.0 Å². The second-order valence-corrected chi connectivity index (χ2v) is 22.4. The van der Waals surface area contributed by atoms with Crippen molar-refractivity contribution in [2.45, 2.75) is 140 Å². The summed E-state index contributed by atoms with van der Waals surface area (Å²) < 4.78 is 38.8. The fourth-order valence-electron chi connectivity index (χ4n) is 12.4. The van der Waals surface area contributed by atoms with Crippen LogP contribution in [0.2, 0.25) is 0 Å². The minimum absolute atomic E-state index is 0.0218. The van der Waals surface area contributed by atoms with E-state index >= 15 is 0 Å². The standard InChI is InChI=1S/C38H42FN5O7.C24H32FN3O3/c1-23(42(3)37(48)50-21-25-10-6-4-7-11-25)35(46)41-33(24(2)45)36(47)43-17-16-32-34(43)30(29-19-40-31-18-27(39)14-15-28(29)31)20-44(32)38(49)51-22-26-12-8-5-9-13-26;1-4-13(2)23(30)27-21(14(3)29)24(31)28-10-9-15-5-7-18(22(15)28)19-12-26-20-11-16(25)6-8-17(19)20/h4-15,18-19,23-24,30,32-34,40,45H,16-17,20-22H2,1-3H3,(H,41,46);6,8,11-15,18,21-22,26,29H,4-5,7,9-10H2,1-3H3,(H,27,30)/t23-,24+,30+,32+,33-,34+;13-,14-,15-,18-,21+,22+/m01/s1. The van der Waals surface area contributed by atoms with Crippen molar-refractivity contribution in [1.29, 1.82) is 0 Å². The number of carbonyl (C=O) groups is 6. The van der Waals surface area contributed by atoms with Crippen LogP contribution in [-0.4, -0.2) is 151 Å². The summed E-state index contributed by atoms with van der Waals surface area (Å²) in [6.45, 7) is 9.41. The Balaban J connectivity index is 0.000000223. The van der Waals surface area contributed by atoms with Crippen molar-refractivity contribution in [2.24, 2.45) is 11.8 Å². The Morgan fingerprint density at radius 1 is 0.646 bits per heavy atom. The summed E-state index contributed by atoms with van der Waals surface area (Å²) in [7, 11) is 1.42. The Morgan fingerprint density at radius 2 is 1.16 bits per heavy atom. The van der Waals surface area contributed by atoms with Crippen LogP contribution < -0.4 is 10.6 Å². The number of benzene rings is 4. The monoisotopic (exact) mass is 1130 g/mol. The maximum atomic E-state index is 14.3. The molecule has 6 N–H and O–H groups in total. The lowest BCUT2D eigenvalue weighted by Crippen LogP contribution is -2.58. The number of nitrogens with zero attached hydrogens (tertiary/aromatic N) is 4. The Morgan fingerprint density at radius 3 is 1.71 bits per heavy atom. The van der Waals surface area contributed by atoms with Crippen LogP contribution in [0.1, 0.15) is 101 Å². The number of likely N-dealkylation sites (tertiary alicyclic amines) is 3. The molecule has 4 aromatic carbocycles. The van der Waals surface area contributed by atoms with Crippen LogP contribution in [0.5, 0.6) is 0 Å². The molecule has 82 heavy (non-hydrogen) atoms. The number of aliphatic hydroxyl groups excluding tert-OH is 2. The van der Waals surface area contributed by atoms with Crippen molar-refractivity contribution < 1.29 is 57.2 Å². The van der Waals surface area contributed by atoms with E-state index in [2.05, 4.69) is 20.6 Å². The molecule has 3 saturated heterocycles. The molecule has 2 aromatic heterocycles. The molecule has 1 saturated carbocycles. The van der Waals surface area contributed by atoms with E-state index in [1.807, 2.05) is 85.6 Å². The minimum Gasteiger partial charge on any atom is -0.445 e. The third-order valence-electron chi connectivity index (χ3n) is 17.2. The van der Waals surface area contributed by atoms with Crippen molar-refractivity contribution in [3.05, 3.63) is 143 Å². The van der Waals surface area contributed by atoms with E-state index < -0.39 is 72.2 Å². The Bertz CT molecular complexity index is 3250. The van der Waals surface area contributed by atoms with E-state index in [-0.39, 0.29) is 67.7 Å². The number of ether oxygens (including phenoxy) is 2. The number of nitrogens with one attached hydrogen (secondary N) is 4. The van der Waals surface area contributed by atoms with Crippen LogP contribution in [0.15, 0.2) is 109 Å². The van der Waals surface area contributed by atoms with E-state index in [9.17, 15) is 47.8 Å². The van der Waals surface area contributed by atoms with Crippen LogP contribution >= 0.6 is 0 Å². The number of halogens is 2. The van der Waals surface area contributed by atoms with Crippen LogP contribution in [0.3, 0.4) is 0 Å². The van der Waals surface area contributed by atoms with E-state index in [4.69, 9.17) is 9.47 Å². The van der Waals surface area contributed by atoms with Gasteiger partial charge >= 0.3 is 12.2 Å². The normalized spacial score (nSPS) is 22.2. The number of hydrogen-bond acceptors (Lipinski definition) is 10. The number of aromatic nitrogens is 2. The fraction of sp³-hybridized carbons (Fsp3) is 0.452. The first-order valence-electron chi connectivity index (χ1n) is 28.4. The third kappa shape index (κ3) is 12.5. The molecule has 18 nitrogen and oxygen atoms in total. The molecule has 3 aliphatic heterocycles. The maximum Gasteiger partial charge on any atom is 0.410 e. The predicted octanol–water partition coefficient (Wildman–Crippen LogP) is 7.85. The maximum absolute atomic E-state index is 14.3. The van der Waals surface area contributed by atoms with Crippen molar-refractivity contribution in [3.63, 3.8) is 0 Å². The number of likely N-dealkylation sites (N-methyl/N-ethyl adjacent to an activating group) is 1. The summed E-state index contributed by atoms with van der Waals surface area (Å²) in [6.07, 6.45) is 4.23. The fourth-order valence-corrected chi connectivity index (χ4v) is 12.4. The summed E-state index contributed by atoms with van der Waals surface area (Å²) in [5.41, 5.74) is 4.88. The molecule has 0 unspecified atom stereocenters. The molecular formula is C62H74F2N8O10. The first-order valence-corrected chi connectivity index (χ1v) is 28.4. The van der Waals surface area contributed by atoms with E-state index in [1.54, 1.807) is 35.1 Å². The van der Waals surface area contributed by atoms with Crippen molar-refractivity contribution in [1.82, 2.24) is 40.2 Å². The lowest BCUT2D eigenvalue weighted by Gasteiger charge is -2.34. The van der Waals surface area contributed by atoms with Gasteiger partial charge < -0.3 is 55.0 Å². The highest BCUT2D eigenvalue weighted by molar-refractivity contribution is 5.93. The Kier molecular flexibility index (Phi) is 18.3. The molecule has 12 atom stereocenters. The number of fused-ring (bicyclic) bond motifs is 4. The second-order valence-electron chi connectivity index (χ2n) is 22.4. The average molecular weight is 1130 g/mol. The number of carbonyl (C=O) groups excluding carboxylic acids is 6. The predicted molar refractivity (Wildman–Crippen MR) is 303 cm³/mol. The summed E-state index contributed by atoms with van der Waals surface area (Å²) in [5.74, 6) is -2.33. The van der Waals surface area contributed by atoms with Gasteiger partial charge in [-0.05, 0) is 117 Å². The smallest absolute Gasteiger partial charge is 0.410 e. The molecule has 6 amide bonds. The SMILES string of the molecule is CC[C@@H](C)C(=O)N[C@H](C(=O)N1CC[C@H]2CC[C@H](c3c[nH]c4cc(F)ccc34)[C@H]21)[C@@H](C)O.C[C@@H](O)[C@H](NC(=O)[C@H](C)N(C)C(=O)OCc1ccccc1)C(=O)N1CC[C@@H]2[C@H]1[C@@H](c1c[nH]c3cc(F)ccc13)CN2C(=O)OCc1ccccc1. The molecule has 0 bridgehead atoms. The molecule has 0 spiro atoms. The Labute approximate surface area is 475 Å². The van der Waals surface area contributed by atoms with Crippen molar-refractivity contribution in [2.75, 3.05) is 26.7 Å². The molecule has 436 valence electrons. The quantitative estimate of drug-likeness (QED) is 0.0550. The van der Waals surface area contributed by atoms with Gasteiger partial charge in [0.2, 0.25) is 23.6 Å². The molecule has 1 aliphatic carbocycles. The third-order valence-corrected chi connectivity index (χ3v) is 17.2. The van der Waals surface area contributed by atoms with Gasteiger partial charge in [-0.25, -0.2) is 18.4 Å². The lowest BCUT2D eigenvalue weighted by molar-refractivity contribution is -0.141. The highest BCUT2D eigenvalue weighted by Crippen LogP contribution is 2.49. The number of hydrogen-bond donors (Lipinski definition) is 6. The van der Waals surface area contributed by atoms with E-state index in [0.29, 0.717) is 30.8 Å². The van der Waals surface area contributed by atoms with Crippen LogP contribution in [0, 0.1) is 23.5 Å². The van der Waals surface area contributed by atoms with Gasteiger partial charge in [0.15, 0.2) is 0 Å². The minimum atomic E-state index is -1.34. The van der Waals surface area contributed by atoms with Gasteiger partial charge in [0, 0.05) is 84.7 Å². The van der Waals surface area contributed by atoms with Crippen LogP contribution in [-0.2, 0) is 41.9 Å². The highest BCUT2D eigenvalue weighted by atomic mass is 19.1. The first-order chi connectivity index (χ1) is 39.3. The molecule has 0 radical (unpaired) electrons. The summed E-state index contributed by atoms with van der Waals surface area (Å²) in [5, 5.41) is 28.3. The molecule has 20 heteroatoms. The van der Waals surface area contributed by atoms with Gasteiger partial charge in [-0.2, -0.15) is 0 Å². The van der Waals surface area contributed by atoms with Crippen LogP contribution in [0.25, 0.3) is 21.8 Å². The summed E-state index contributed by atoms with van der Waals surface area (Å²) in [4.78, 5) is 92.6. The zero-order chi connectivity index (χ0) is 58.5. The number of rotatable bonds is 16. The molecule has 10 rings (SSSR count). The van der Waals surface area contributed by atoms with Crippen molar-refractivity contribution in [3.8, 4) is 0 Å². The van der Waals surface area contributed by atoms with Gasteiger partial charge in [0.05, 0.1) is 24.3 Å². The summed E-state index contributed by atoms with van der Waals surface area (Å²) in [6, 6.07) is 23.4. The largest absolute Gasteiger partial charge is 0.445 e. The van der Waals surface area contributed by atoms with E-state index in [1.165, 1.54) is 45.2 Å². The van der Waals surface area contributed by atoms with E-state index in [0.717, 1.165) is 62.7 Å². The zero-order valence-corrected chi connectivity index (χ0v) is 47.1. The molecule has 4 aliphatic rings. The number of aliphatic hydroxyl groups is 2. The van der Waals surface area contributed by atoms with Gasteiger partial charge in [0.25, 0.3) is 0 Å². The van der Waals surface area contributed by atoms with Gasteiger partial charge in [-0.1, -0.05) is 74.5 Å². The summed E-state index contributed by atoms with van der Waals surface area (Å²) >= 11 is 0. The topological polar surface area (TPSA) is 230 Å². The molecular weight excluding hydrogens is 1050 g/mol. The number of amides is 6. The second kappa shape index (κ2) is 25.5. The zero-order valence-electron chi connectivity index (χ0n) is 47.1. The number of aromatic amines is 2. The first kappa shape index (κ1) is 58.8. The Hall–Kier alpha value is -7.84. The van der Waals surface area contributed by atoms with Crippen LogP contribution in [0.4, 0.5) is 18.4 Å².